The number of aromatic nitrogens is 1. The number of amides is 1. The number of rotatable bonds is 1. The lowest BCUT2D eigenvalue weighted by Crippen LogP contribution is -2.08. The van der Waals surface area contributed by atoms with Crippen LogP contribution in [0.4, 0.5) is 5.82 Å². The van der Waals surface area contributed by atoms with Crippen molar-refractivity contribution in [1.29, 1.82) is 5.26 Å². The van der Waals surface area contributed by atoms with Gasteiger partial charge >= 0.3 is 0 Å². The van der Waals surface area contributed by atoms with Crippen molar-refractivity contribution >= 4 is 11.7 Å². The second-order valence-electron chi connectivity index (χ2n) is 2.19. The van der Waals surface area contributed by atoms with Crippen molar-refractivity contribution < 1.29 is 4.79 Å². The van der Waals surface area contributed by atoms with Crippen LogP contribution in [0.15, 0.2) is 18.3 Å². The number of carbonyl (C=O) groups is 1. The van der Waals surface area contributed by atoms with Gasteiger partial charge in [-0.15, -0.1) is 0 Å². The molecule has 0 aliphatic carbocycles. The average molecular weight is 161 g/mol. The van der Waals surface area contributed by atoms with Crippen LogP contribution in [0.2, 0.25) is 0 Å². The zero-order chi connectivity index (χ0) is 8.97. The highest BCUT2D eigenvalue weighted by atomic mass is 16.1. The van der Waals surface area contributed by atoms with Crippen LogP contribution in [-0.2, 0) is 4.79 Å². The second kappa shape index (κ2) is 3.49. The monoisotopic (exact) mass is 161 g/mol. The van der Waals surface area contributed by atoms with Crippen LogP contribution in [0.25, 0.3) is 0 Å². The summed E-state index contributed by atoms with van der Waals surface area (Å²) in [6.07, 6.45) is 1.52. The molecule has 0 aliphatic heterocycles. The molecule has 60 valence electrons. The van der Waals surface area contributed by atoms with Crippen molar-refractivity contribution in [2.45, 2.75) is 6.92 Å². The summed E-state index contributed by atoms with van der Waals surface area (Å²) < 4.78 is 0. The molecule has 1 aromatic heterocycles. The van der Waals surface area contributed by atoms with Gasteiger partial charge in [-0.3, -0.25) is 4.79 Å². The Labute approximate surface area is 69.8 Å². The third-order valence-electron chi connectivity index (χ3n) is 1.22. The molecule has 1 amide bonds. The van der Waals surface area contributed by atoms with Gasteiger partial charge in [0.1, 0.15) is 11.9 Å². The minimum absolute atomic E-state index is 0.231. The number of anilines is 1. The van der Waals surface area contributed by atoms with E-state index in [1.165, 1.54) is 13.1 Å². The van der Waals surface area contributed by atoms with Crippen LogP contribution in [-0.4, -0.2) is 10.9 Å². The lowest BCUT2D eigenvalue weighted by molar-refractivity contribution is -0.114. The highest BCUT2D eigenvalue weighted by Gasteiger charge is 2.02. The minimum atomic E-state index is -0.231. The van der Waals surface area contributed by atoms with Crippen LogP contribution < -0.4 is 5.32 Å². The first-order valence-corrected chi connectivity index (χ1v) is 3.36. The maximum atomic E-state index is 10.6. The van der Waals surface area contributed by atoms with Gasteiger partial charge in [0.15, 0.2) is 0 Å². The van der Waals surface area contributed by atoms with E-state index < -0.39 is 0 Å². The van der Waals surface area contributed by atoms with E-state index in [0.717, 1.165) is 0 Å². The Balaban J connectivity index is 2.99. The van der Waals surface area contributed by atoms with Gasteiger partial charge in [0, 0.05) is 13.1 Å². The van der Waals surface area contributed by atoms with Gasteiger partial charge in [-0.05, 0) is 12.1 Å². The maximum Gasteiger partial charge on any atom is 0.222 e. The summed E-state index contributed by atoms with van der Waals surface area (Å²) in [4.78, 5) is 14.5. The van der Waals surface area contributed by atoms with Crippen molar-refractivity contribution in [3.8, 4) is 6.07 Å². The van der Waals surface area contributed by atoms with Crippen LogP contribution in [0.3, 0.4) is 0 Å². The Hall–Kier alpha value is -1.89. The lowest BCUT2D eigenvalue weighted by atomic mass is 10.3. The fraction of sp³-hybridized carbons (Fsp3) is 0.125. The molecule has 4 heteroatoms. The summed E-state index contributed by atoms with van der Waals surface area (Å²) >= 11 is 0. The molecule has 0 fully saturated rings. The van der Waals surface area contributed by atoms with Crippen molar-refractivity contribution in [1.82, 2.24) is 4.98 Å². The molecule has 0 atom stereocenters. The summed E-state index contributed by atoms with van der Waals surface area (Å²) in [6.45, 7) is 1.37. The van der Waals surface area contributed by atoms with Crippen LogP contribution in [0.5, 0.6) is 0 Å². The van der Waals surface area contributed by atoms with Crippen molar-refractivity contribution in [3.63, 3.8) is 0 Å². The molecule has 1 aromatic rings. The SMILES string of the molecule is CC(=O)Nc1ncccc1C#N. The van der Waals surface area contributed by atoms with E-state index in [2.05, 4.69) is 10.3 Å². The van der Waals surface area contributed by atoms with Crippen LogP contribution in [0.1, 0.15) is 12.5 Å². The number of carbonyl (C=O) groups excluding carboxylic acids is 1. The standard InChI is InChI=1S/C8H7N3O/c1-6(12)11-8-7(5-9)3-2-4-10-8/h2-4H,1H3,(H,10,11,12). The molecule has 0 saturated carbocycles. The summed E-state index contributed by atoms with van der Waals surface area (Å²) in [5.41, 5.74) is 0.368. The minimum Gasteiger partial charge on any atom is -0.310 e. The van der Waals surface area contributed by atoms with Gasteiger partial charge in [-0.1, -0.05) is 0 Å². The van der Waals surface area contributed by atoms with E-state index >= 15 is 0 Å². The van der Waals surface area contributed by atoms with E-state index in [4.69, 9.17) is 5.26 Å². The molecule has 1 heterocycles. The number of hydrogen-bond donors (Lipinski definition) is 1. The van der Waals surface area contributed by atoms with Crippen LogP contribution in [0, 0.1) is 11.3 Å². The quantitative estimate of drug-likeness (QED) is 0.665. The maximum absolute atomic E-state index is 10.6. The van der Waals surface area contributed by atoms with E-state index in [1.54, 1.807) is 12.1 Å². The highest BCUT2D eigenvalue weighted by Crippen LogP contribution is 2.08. The average Bonchev–Trinajstić information content (AvgIpc) is 2.04. The second-order valence-corrected chi connectivity index (χ2v) is 2.19. The first-order valence-electron chi connectivity index (χ1n) is 3.36. The van der Waals surface area contributed by atoms with Gasteiger partial charge in [0.05, 0.1) is 5.56 Å². The third kappa shape index (κ3) is 1.80. The van der Waals surface area contributed by atoms with E-state index in [1.807, 2.05) is 6.07 Å². The molecule has 0 unspecified atom stereocenters. The van der Waals surface area contributed by atoms with E-state index in [-0.39, 0.29) is 5.91 Å². The van der Waals surface area contributed by atoms with Crippen molar-refractivity contribution in [2.75, 3.05) is 5.32 Å². The molecule has 0 aromatic carbocycles. The van der Waals surface area contributed by atoms with E-state index in [0.29, 0.717) is 11.4 Å². The third-order valence-corrected chi connectivity index (χ3v) is 1.22. The molecule has 0 spiro atoms. The smallest absolute Gasteiger partial charge is 0.222 e. The fourth-order valence-corrected chi connectivity index (χ4v) is 0.762. The normalized spacial score (nSPS) is 8.67. The predicted octanol–water partition coefficient (Wildman–Crippen LogP) is 0.912. The molecular weight excluding hydrogens is 154 g/mol. The van der Waals surface area contributed by atoms with Gasteiger partial charge < -0.3 is 5.32 Å². The number of nitriles is 1. The summed E-state index contributed by atoms with van der Waals surface area (Å²) in [7, 11) is 0. The Morgan fingerprint density at radius 2 is 2.50 bits per heavy atom. The van der Waals surface area contributed by atoms with Crippen molar-refractivity contribution in [3.05, 3.63) is 23.9 Å². The molecule has 0 saturated heterocycles. The molecule has 0 bridgehead atoms. The Morgan fingerprint density at radius 3 is 3.08 bits per heavy atom. The largest absolute Gasteiger partial charge is 0.310 e. The highest BCUT2D eigenvalue weighted by molar-refractivity contribution is 5.88. The Kier molecular flexibility index (Phi) is 2.38. The molecule has 0 aliphatic rings. The number of nitrogens with zero attached hydrogens (tertiary/aromatic N) is 2. The molecular formula is C8H7N3O. The summed E-state index contributed by atoms with van der Waals surface area (Å²) in [5.74, 6) is 0.0812. The summed E-state index contributed by atoms with van der Waals surface area (Å²) in [6, 6.07) is 5.16. The molecule has 0 radical (unpaired) electrons. The zero-order valence-corrected chi connectivity index (χ0v) is 6.53. The molecule has 4 nitrogen and oxygen atoms in total. The van der Waals surface area contributed by atoms with Gasteiger partial charge in [0.25, 0.3) is 0 Å². The van der Waals surface area contributed by atoms with Crippen molar-refractivity contribution in [2.24, 2.45) is 0 Å². The summed E-state index contributed by atoms with van der Waals surface area (Å²) in [5, 5.41) is 11.0. The molecule has 1 rings (SSSR count). The topological polar surface area (TPSA) is 65.8 Å². The van der Waals surface area contributed by atoms with Gasteiger partial charge in [0.2, 0.25) is 5.91 Å². The lowest BCUT2D eigenvalue weighted by Gasteiger charge is -2.00. The van der Waals surface area contributed by atoms with Crippen LogP contribution >= 0.6 is 0 Å². The number of hydrogen-bond acceptors (Lipinski definition) is 3. The molecule has 12 heavy (non-hydrogen) atoms. The number of pyridine rings is 1. The zero-order valence-electron chi connectivity index (χ0n) is 6.53. The van der Waals surface area contributed by atoms with E-state index in [9.17, 15) is 4.79 Å². The number of nitrogens with one attached hydrogen (secondary N) is 1. The predicted molar refractivity (Wildman–Crippen MR) is 43.3 cm³/mol. The first kappa shape index (κ1) is 8.21. The Morgan fingerprint density at radius 1 is 1.75 bits per heavy atom. The molecule has 1 N–H and O–H groups in total. The van der Waals surface area contributed by atoms with Gasteiger partial charge in [-0.25, -0.2) is 4.98 Å². The Bertz CT molecular complexity index is 340. The first-order chi connectivity index (χ1) is 5.74. The fourth-order valence-electron chi connectivity index (χ4n) is 0.762. The van der Waals surface area contributed by atoms with Gasteiger partial charge in [-0.2, -0.15) is 5.26 Å².